The van der Waals surface area contributed by atoms with E-state index in [4.69, 9.17) is 0 Å². The average Bonchev–Trinajstić information content (AvgIpc) is 2.60. The molecular formula is C18H28ClN3O2. The predicted molar refractivity (Wildman–Crippen MR) is 98.4 cm³/mol. The van der Waals surface area contributed by atoms with E-state index >= 15 is 0 Å². The van der Waals surface area contributed by atoms with E-state index in [1.807, 2.05) is 32.0 Å². The highest BCUT2D eigenvalue weighted by atomic mass is 35.5. The molecule has 1 aliphatic heterocycles. The Bertz CT molecular complexity index is 518. The molecule has 3 N–H and O–H groups in total. The number of piperidine rings is 1. The van der Waals surface area contributed by atoms with Gasteiger partial charge in [0.15, 0.2) is 0 Å². The zero-order valence-electron chi connectivity index (χ0n) is 14.4. The van der Waals surface area contributed by atoms with Gasteiger partial charge in [-0.05, 0) is 44.0 Å². The Balaban J connectivity index is 0.00000288. The van der Waals surface area contributed by atoms with Crippen molar-refractivity contribution in [2.24, 2.45) is 5.92 Å². The van der Waals surface area contributed by atoms with Crippen molar-refractivity contribution in [3.63, 3.8) is 0 Å². The lowest BCUT2D eigenvalue weighted by Crippen LogP contribution is -2.54. The van der Waals surface area contributed by atoms with Crippen molar-refractivity contribution in [1.29, 1.82) is 0 Å². The van der Waals surface area contributed by atoms with Crippen LogP contribution in [0.1, 0.15) is 43.5 Å². The molecule has 0 spiro atoms. The molecule has 2 unspecified atom stereocenters. The highest BCUT2D eigenvalue weighted by Gasteiger charge is 2.28. The first-order valence-corrected chi connectivity index (χ1v) is 8.48. The van der Waals surface area contributed by atoms with E-state index in [9.17, 15) is 9.59 Å². The number of carbonyl (C=O) groups is 2. The van der Waals surface area contributed by atoms with Gasteiger partial charge in [-0.15, -0.1) is 12.4 Å². The Morgan fingerprint density at radius 1 is 1.21 bits per heavy atom. The molecule has 0 radical (unpaired) electrons. The standard InChI is InChI=1S/C18H27N3O2.ClH/c1-3-13(2)16(18(23)20-15-9-11-19-12-10-15)21-17(22)14-7-5-4-6-8-14;/h4-8,13,15-16,19H,3,9-12H2,1-2H3,(H,20,23)(H,21,22);1H. The fraction of sp³-hybridized carbons (Fsp3) is 0.556. The van der Waals surface area contributed by atoms with Crippen LogP contribution in [-0.2, 0) is 4.79 Å². The van der Waals surface area contributed by atoms with Crippen molar-refractivity contribution >= 4 is 24.2 Å². The van der Waals surface area contributed by atoms with Crippen LogP contribution in [0.25, 0.3) is 0 Å². The Labute approximate surface area is 150 Å². The van der Waals surface area contributed by atoms with Crippen molar-refractivity contribution in [3.05, 3.63) is 35.9 Å². The molecule has 134 valence electrons. The molecular weight excluding hydrogens is 326 g/mol. The molecule has 5 nitrogen and oxygen atoms in total. The SMILES string of the molecule is CCC(C)C(NC(=O)c1ccccc1)C(=O)NC1CCNCC1.Cl. The van der Waals surface area contributed by atoms with Gasteiger partial charge in [0, 0.05) is 11.6 Å². The van der Waals surface area contributed by atoms with Gasteiger partial charge in [-0.25, -0.2) is 0 Å². The number of benzene rings is 1. The molecule has 1 fully saturated rings. The molecule has 0 aromatic heterocycles. The normalized spacial score (nSPS) is 17.2. The first kappa shape index (κ1) is 20.5. The van der Waals surface area contributed by atoms with Crippen LogP contribution in [0.15, 0.2) is 30.3 Å². The second-order valence-electron chi connectivity index (χ2n) is 6.24. The van der Waals surface area contributed by atoms with Crippen LogP contribution in [0.3, 0.4) is 0 Å². The molecule has 2 rings (SSSR count). The smallest absolute Gasteiger partial charge is 0.251 e. The molecule has 1 aliphatic rings. The summed E-state index contributed by atoms with van der Waals surface area (Å²) in [5.41, 5.74) is 0.579. The fourth-order valence-corrected chi connectivity index (χ4v) is 2.77. The van der Waals surface area contributed by atoms with Crippen LogP contribution in [0.2, 0.25) is 0 Å². The number of rotatable bonds is 6. The zero-order chi connectivity index (χ0) is 16.7. The number of amides is 2. The van der Waals surface area contributed by atoms with Gasteiger partial charge < -0.3 is 16.0 Å². The molecule has 2 amide bonds. The van der Waals surface area contributed by atoms with Crippen molar-refractivity contribution < 1.29 is 9.59 Å². The van der Waals surface area contributed by atoms with Gasteiger partial charge in [-0.1, -0.05) is 38.5 Å². The summed E-state index contributed by atoms with van der Waals surface area (Å²) in [6.45, 7) is 5.88. The van der Waals surface area contributed by atoms with Crippen LogP contribution >= 0.6 is 12.4 Å². The van der Waals surface area contributed by atoms with Gasteiger partial charge in [-0.3, -0.25) is 9.59 Å². The summed E-state index contributed by atoms with van der Waals surface area (Å²) >= 11 is 0. The van der Waals surface area contributed by atoms with Gasteiger partial charge in [0.1, 0.15) is 6.04 Å². The van der Waals surface area contributed by atoms with Gasteiger partial charge in [-0.2, -0.15) is 0 Å². The van der Waals surface area contributed by atoms with Crippen molar-refractivity contribution in [3.8, 4) is 0 Å². The van der Waals surface area contributed by atoms with Crippen molar-refractivity contribution in [1.82, 2.24) is 16.0 Å². The van der Waals surface area contributed by atoms with Crippen molar-refractivity contribution in [2.45, 2.75) is 45.2 Å². The van der Waals surface area contributed by atoms with E-state index in [1.54, 1.807) is 12.1 Å². The van der Waals surface area contributed by atoms with E-state index in [0.717, 1.165) is 32.4 Å². The second kappa shape index (κ2) is 10.3. The number of carbonyl (C=O) groups excluding carboxylic acids is 2. The second-order valence-corrected chi connectivity index (χ2v) is 6.24. The van der Waals surface area contributed by atoms with Crippen LogP contribution in [0.4, 0.5) is 0 Å². The largest absolute Gasteiger partial charge is 0.351 e. The summed E-state index contributed by atoms with van der Waals surface area (Å²) in [6.07, 6.45) is 2.70. The Hall–Kier alpha value is -1.59. The van der Waals surface area contributed by atoms with E-state index in [-0.39, 0.29) is 36.2 Å². The van der Waals surface area contributed by atoms with Crippen LogP contribution in [0.5, 0.6) is 0 Å². The number of hydrogen-bond donors (Lipinski definition) is 3. The minimum Gasteiger partial charge on any atom is -0.351 e. The quantitative estimate of drug-likeness (QED) is 0.733. The van der Waals surface area contributed by atoms with E-state index in [0.29, 0.717) is 5.56 Å². The van der Waals surface area contributed by atoms with E-state index < -0.39 is 6.04 Å². The number of hydrogen-bond acceptors (Lipinski definition) is 3. The molecule has 0 aliphatic carbocycles. The number of halogens is 1. The average molecular weight is 354 g/mol. The first-order chi connectivity index (χ1) is 11.1. The van der Waals surface area contributed by atoms with Crippen molar-refractivity contribution in [2.75, 3.05) is 13.1 Å². The third-order valence-corrected chi connectivity index (χ3v) is 4.50. The summed E-state index contributed by atoms with van der Waals surface area (Å²) in [6, 6.07) is 8.73. The minimum atomic E-state index is -0.498. The highest BCUT2D eigenvalue weighted by Crippen LogP contribution is 2.11. The Morgan fingerprint density at radius 2 is 1.83 bits per heavy atom. The van der Waals surface area contributed by atoms with Crippen LogP contribution in [0, 0.1) is 5.92 Å². The Kier molecular flexibility index (Phi) is 8.79. The molecule has 1 aromatic rings. The monoisotopic (exact) mass is 353 g/mol. The predicted octanol–water partition coefficient (Wildman–Crippen LogP) is 2.12. The Morgan fingerprint density at radius 3 is 2.42 bits per heavy atom. The third-order valence-electron chi connectivity index (χ3n) is 4.50. The maximum absolute atomic E-state index is 12.6. The zero-order valence-corrected chi connectivity index (χ0v) is 15.2. The topological polar surface area (TPSA) is 70.2 Å². The van der Waals surface area contributed by atoms with Crippen LogP contribution < -0.4 is 16.0 Å². The maximum atomic E-state index is 12.6. The molecule has 0 saturated carbocycles. The van der Waals surface area contributed by atoms with Gasteiger partial charge in [0.2, 0.25) is 5.91 Å². The number of nitrogens with one attached hydrogen (secondary N) is 3. The van der Waals surface area contributed by atoms with Gasteiger partial charge >= 0.3 is 0 Å². The third kappa shape index (κ3) is 5.80. The summed E-state index contributed by atoms with van der Waals surface area (Å²) in [4.78, 5) is 25.0. The molecule has 1 heterocycles. The lowest BCUT2D eigenvalue weighted by Gasteiger charge is -2.28. The highest BCUT2D eigenvalue weighted by molar-refractivity contribution is 5.97. The van der Waals surface area contributed by atoms with Gasteiger partial charge in [0.05, 0.1) is 0 Å². The lowest BCUT2D eigenvalue weighted by atomic mass is 9.96. The summed E-state index contributed by atoms with van der Waals surface area (Å²) in [7, 11) is 0. The van der Waals surface area contributed by atoms with Gasteiger partial charge in [0.25, 0.3) is 5.91 Å². The molecule has 1 saturated heterocycles. The van der Waals surface area contributed by atoms with E-state index in [2.05, 4.69) is 16.0 Å². The van der Waals surface area contributed by atoms with Crippen LogP contribution in [-0.4, -0.2) is 37.0 Å². The molecule has 6 heteroatoms. The summed E-state index contributed by atoms with van der Waals surface area (Å²) < 4.78 is 0. The summed E-state index contributed by atoms with van der Waals surface area (Å²) in [5.74, 6) is -0.184. The molecule has 1 aromatic carbocycles. The lowest BCUT2D eigenvalue weighted by molar-refractivity contribution is -0.125. The van der Waals surface area contributed by atoms with E-state index in [1.165, 1.54) is 0 Å². The fourth-order valence-electron chi connectivity index (χ4n) is 2.77. The first-order valence-electron chi connectivity index (χ1n) is 8.48. The molecule has 24 heavy (non-hydrogen) atoms. The maximum Gasteiger partial charge on any atom is 0.251 e. The molecule has 0 bridgehead atoms. The summed E-state index contributed by atoms with van der Waals surface area (Å²) in [5, 5.41) is 9.29. The minimum absolute atomic E-state index is 0. The molecule has 2 atom stereocenters.